The summed E-state index contributed by atoms with van der Waals surface area (Å²) in [5, 5.41) is 0. The minimum absolute atomic E-state index is 0.0776. The van der Waals surface area contributed by atoms with Gasteiger partial charge in [-0.15, -0.1) is 0 Å². The molecule has 1 aromatic heterocycles. The number of nitrogens with zero attached hydrogens (tertiary/aromatic N) is 3. The molecule has 3 aromatic rings. The molecule has 2 heterocycles. The zero-order valence-corrected chi connectivity index (χ0v) is 14.8. The number of hydrogen-bond donors (Lipinski definition) is 1. The zero-order chi connectivity index (χ0) is 18.6. The summed E-state index contributed by atoms with van der Waals surface area (Å²) < 4.78 is 5.92. The Hall–Kier alpha value is -3.25. The molecule has 4 rings (SSSR count). The highest BCUT2D eigenvalue weighted by atomic mass is 16.5. The highest BCUT2D eigenvalue weighted by Crippen LogP contribution is 2.24. The molecular weight excluding hydrogens is 340 g/mol. The second-order valence-electron chi connectivity index (χ2n) is 6.55. The van der Waals surface area contributed by atoms with E-state index in [-0.39, 0.29) is 5.82 Å². The molecule has 0 radical (unpaired) electrons. The van der Waals surface area contributed by atoms with Gasteiger partial charge < -0.3 is 10.5 Å². The van der Waals surface area contributed by atoms with Crippen molar-refractivity contribution in [1.82, 2.24) is 14.9 Å². The monoisotopic (exact) mass is 360 g/mol. The smallest absolute Gasteiger partial charge is 0.286 e. The third-order valence-electron chi connectivity index (χ3n) is 4.53. The molecule has 0 spiro atoms. The first-order valence-electron chi connectivity index (χ1n) is 8.86. The van der Waals surface area contributed by atoms with Gasteiger partial charge in [0, 0.05) is 25.8 Å². The van der Waals surface area contributed by atoms with Crippen molar-refractivity contribution < 1.29 is 9.53 Å². The van der Waals surface area contributed by atoms with Crippen LogP contribution in [0.5, 0.6) is 11.5 Å². The lowest BCUT2D eigenvalue weighted by atomic mass is 10.1. The third kappa shape index (κ3) is 4.12. The average molecular weight is 360 g/mol. The lowest BCUT2D eigenvalue weighted by molar-refractivity contribution is 0.0989. The first kappa shape index (κ1) is 17.2. The SMILES string of the molecule is NC(=O)c1ncc2c(n1)CN(Cc1cccc(Oc3ccccc3)c1)CC2. The van der Waals surface area contributed by atoms with Gasteiger partial charge in [-0.3, -0.25) is 9.69 Å². The highest BCUT2D eigenvalue weighted by molar-refractivity contribution is 5.88. The molecule has 6 nitrogen and oxygen atoms in total. The van der Waals surface area contributed by atoms with E-state index in [4.69, 9.17) is 10.5 Å². The number of benzene rings is 2. The van der Waals surface area contributed by atoms with E-state index in [1.807, 2.05) is 42.5 Å². The van der Waals surface area contributed by atoms with Crippen LogP contribution in [-0.2, 0) is 19.5 Å². The number of nitrogens with two attached hydrogens (primary N) is 1. The van der Waals surface area contributed by atoms with E-state index in [0.29, 0.717) is 6.54 Å². The number of para-hydroxylation sites is 1. The van der Waals surface area contributed by atoms with Crippen LogP contribution < -0.4 is 10.5 Å². The van der Waals surface area contributed by atoms with E-state index < -0.39 is 5.91 Å². The maximum atomic E-state index is 11.3. The van der Waals surface area contributed by atoms with Gasteiger partial charge in [0.1, 0.15) is 11.5 Å². The van der Waals surface area contributed by atoms with Crippen LogP contribution in [0.15, 0.2) is 60.8 Å². The van der Waals surface area contributed by atoms with Gasteiger partial charge in [0.2, 0.25) is 5.82 Å². The Morgan fingerprint density at radius 2 is 1.93 bits per heavy atom. The Morgan fingerprint density at radius 1 is 1.11 bits per heavy atom. The molecule has 0 aliphatic carbocycles. The van der Waals surface area contributed by atoms with Crippen LogP contribution in [0.3, 0.4) is 0 Å². The molecule has 0 saturated carbocycles. The number of carbonyl (C=O) groups excluding carboxylic acids is 1. The normalized spacial score (nSPS) is 13.8. The zero-order valence-electron chi connectivity index (χ0n) is 14.8. The van der Waals surface area contributed by atoms with E-state index in [9.17, 15) is 4.79 Å². The number of carbonyl (C=O) groups is 1. The highest BCUT2D eigenvalue weighted by Gasteiger charge is 2.19. The molecule has 0 bridgehead atoms. The van der Waals surface area contributed by atoms with Crippen molar-refractivity contribution in [2.45, 2.75) is 19.5 Å². The third-order valence-corrected chi connectivity index (χ3v) is 4.53. The van der Waals surface area contributed by atoms with Gasteiger partial charge in [0.25, 0.3) is 5.91 Å². The maximum absolute atomic E-state index is 11.3. The molecule has 1 aliphatic heterocycles. The Labute approximate surface area is 157 Å². The number of primary amides is 1. The number of aromatic nitrogens is 2. The van der Waals surface area contributed by atoms with E-state index in [2.05, 4.69) is 27.0 Å². The molecule has 136 valence electrons. The largest absolute Gasteiger partial charge is 0.457 e. The molecule has 2 aromatic carbocycles. The predicted octanol–water partition coefficient (Wildman–Crippen LogP) is 2.93. The topological polar surface area (TPSA) is 81.3 Å². The van der Waals surface area contributed by atoms with Gasteiger partial charge in [0.05, 0.1) is 5.69 Å². The van der Waals surface area contributed by atoms with Gasteiger partial charge in [-0.25, -0.2) is 9.97 Å². The Balaban J connectivity index is 1.46. The van der Waals surface area contributed by atoms with Gasteiger partial charge in [-0.2, -0.15) is 0 Å². The molecule has 6 heteroatoms. The molecule has 0 atom stereocenters. The van der Waals surface area contributed by atoms with Gasteiger partial charge in [0.15, 0.2) is 0 Å². The number of amides is 1. The summed E-state index contributed by atoms with van der Waals surface area (Å²) in [5.74, 6) is 1.11. The second kappa shape index (κ2) is 7.55. The van der Waals surface area contributed by atoms with Crippen LogP contribution in [0.1, 0.15) is 27.4 Å². The molecule has 2 N–H and O–H groups in total. The quantitative estimate of drug-likeness (QED) is 0.757. The van der Waals surface area contributed by atoms with Gasteiger partial charge in [-0.1, -0.05) is 30.3 Å². The molecule has 1 amide bonds. The summed E-state index contributed by atoms with van der Waals surface area (Å²) in [5.41, 5.74) is 8.41. The van der Waals surface area contributed by atoms with Crippen molar-refractivity contribution in [3.8, 4) is 11.5 Å². The van der Waals surface area contributed by atoms with Crippen molar-refractivity contribution in [3.05, 3.63) is 83.4 Å². The Kier molecular flexibility index (Phi) is 4.80. The van der Waals surface area contributed by atoms with Crippen LogP contribution in [0, 0.1) is 0 Å². The fourth-order valence-electron chi connectivity index (χ4n) is 3.20. The van der Waals surface area contributed by atoms with Crippen LogP contribution in [0.2, 0.25) is 0 Å². The number of fused-ring (bicyclic) bond motifs is 1. The lowest BCUT2D eigenvalue weighted by Gasteiger charge is -2.28. The summed E-state index contributed by atoms with van der Waals surface area (Å²) in [7, 11) is 0. The van der Waals surface area contributed by atoms with Crippen molar-refractivity contribution in [3.63, 3.8) is 0 Å². The molecule has 0 saturated heterocycles. The summed E-state index contributed by atoms with van der Waals surface area (Å²) in [6.07, 6.45) is 2.57. The summed E-state index contributed by atoms with van der Waals surface area (Å²) >= 11 is 0. The van der Waals surface area contributed by atoms with Gasteiger partial charge >= 0.3 is 0 Å². The Morgan fingerprint density at radius 3 is 2.74 bits per heavy atom. The molecule has 0 fully saturated rings. The lowest BCUT2D eigenvalue weighted by Crippen LogP contribution is -2.32. The van der Waals surface area contributed by atoms with Crippen molar-refractivity contribution in [1.29, 1.82) is 0 Å². The predicted molar refractivity (Wildman–Crippen MR) is 101 cm³/mol. The fourth-order valence-corrected chi connectivity index (χ4v) is 3.20. The van der Waals surface area contributed by atoms with E-state index in [0.717, 1.165) is 47.8 Å². The number of hydrogen-bond acceptors (Lipinski definition) is 5. The standard InChI is InChI=1S/C21H20N4O2/c22-20(26)21-23-12-16-9-10-25(14-19(16)24-21)13-15-5-4-8-18(11-15)27-17-6-2-1-3-7-17/h1-8,11-12H,9-10,13-14H2,(H2,22,26). The van der Waals surface area contributed by atoms with Crippen molar-refractivity contribution in [2.75, 3.05) is 6.54 Å². The molecular formula is C21H20N4O2. The minimum atomic E-state index is -0.597. The van der Waals surface area contributed by atoms with Crippen LogP contribution >= 0.6 is 0 Å². The van der Waals surface area contributed by atoms with Crippen LogP contribution in [0.4, 0.5) is 0 Å². The fraction of sp³-hybridized carbons (Fsp3) is 0.190. The van der Waals surface area contributed by atoms with Gasteiger partial charge in [-0.05, 0) is 41.8 Å². The molecule has 0 unspecified atom stereocenters. The van der Waals surface area contributed by atoms with E-state index in [1.54, 1.807) is 6.20 Å². The van der Waals surface area contributed by atoms with Crippen LogP contribution in [0.25, 0.3) is 0 Å². The van der Waals surface area contributed by atoms with E-state index >= 15 is 0 Å². The van der Waals surface area contributed by atoms with Crippen molar-refractivity contribution in [2.24, 2.45) is 5.73 Å². The number of rotatable bonds is 5. The van der Waals surface area contributed by atoms with Crippen LogP contribution in [-0.4, -0.2) is 27.3 Å². The minimum Gasteiger partial charge on any atom is -0.457 e. The molecule has 27 heavy (non-hydrogen) atoms. The molecule has 1 aliphatic rings. The first-order chi connectivity index (χ1) is 13.2. The summed E-state index contributed by atoms with van der Waals surface area (Å²) in [6, 6.07) is 17.8. The average Bonchev–Trinajstić information content (AvgIpc) is 2.68. The number of ether oxygens (including phenoxy) is 1. The second-order valence-corrected chi connectivity index (χ2v) is 6.55. The van der Waals surface area contributed by atoms with E-state index in [1.165, 1.54) is 0 Å². The Bertz CT molecular complexity index is 959. The van der Waals surface area contributed by atoms with Crippen molar-refractivity contribution >= 4 is 5.91 Å². The maximum Gasteiger partial charge on any atom is 0.286 e. The summed E-state index contributed by atoms with van der Waals surface area (Å²) in [4.78, 5) is 22.0. The summed E-state index contributed by atoms with van der Waals surface area (Å²) in [6.45, 7) is 2.36. The first-order valence-corrected chi connectivity index (χ1v) is 8.86.